The first kappa shape index (κ1) is 19.4. The molecule has 4 aromatic rings. The summed E-state index contributed by atoms with van der Waals surface area (Å²) < 4.78 is 5.69. The first-order valence-corrected chi connectivity index (χ1v) is 9.68. The molecule has 0 spiro atoms. The van der Waals surface area contributed by atoms with E-state index in [0.717, 1.165) is 0 Å². The Balaban J connectivity index is 1.43. The summed E-state index contributed by atoms with van der Waals surface area (Å²) in [5.74, 6) is 0.412. The number of hydrogen-bond donors (Lipinski definition) is 2. The molecule has 0 aliphatic heterocycles. The summed E-state index contributed by atoms with van der Waals surface area (Å²) in [6, 6.07) is 21.1. The van der Waals surface area contributed by atoms with Crippen LogP contribution >= 0.6 is 0 Å². The normalized spacial score (nSPS) is 10.9. The largest absolute Gasteiger partial charge is 0.440 e. The lowest BCUT2D eigenvalue weighted by atomic mass is 10.1. The minimum absolute atomic E-state index is 0.191. The van der Waals surface area contributed by atoms with Crippen LogP contribution in [0, 0.1) is 0 Å². The van der Waals surface area contributed by atoms with E-state index in [1.165, 1.54) is 0 Å². The maximum Gasteiger partial charge on any atom is 0.255 e. The Morgan fingerprint density at radius 3 is 2.07 bits per heavy atom. The molecule has 6 nitrogen and oxygen atoms in total. The number of rotatable bonds is 5. The number of nitrogens with one attached hydrogen (secondary N) is 2. The molecular weight excluding hydrogens is 378 g/mol. The van der Waals surface area contributed by atoms with E-state index in [9.17, 15) is 9.59 Å². The van der Waals surface area contributed by atoms with Crippen molar-refractivity contribution in [3.63, 3.8) is 0 Å². The maximum absolute atomic E-state index is 12.6. The van der Waals surface area contributed by atoms with Crippen LogP contribution in [0.3, 0.4) is 0 Å². The SMILES string of the molecule is CC(C)c1nc2cc(NC(=O)c3ccc(NC(=O)c4ccccc4)cc3)ccc2o1. The van der Waals surface area contributed by atoms with Gasteiger partial charge in [0.25, 0.3) is 11.8 Å². The van der Waals surface area contributed by atoms with Gasteiger partial charge in [0.1, 0.15) is 5.52 Å². The minimum atomic E-state index is -0.247. The number of nitrogens with zero attached hydrogens (tertiary/aromatic N) is 1. The van der Waals surface area contributed by atoms with Crippen molar-refractivity contribution in [1.82, 2.24) is 4.98 Å². The molecule has 1 aromatic heterocycles. The molecule has 4 rings (SSSR count). The average molecular weight is 399 g/mol. The van der Waals surface area contributed by atoms with Crippen molar-refractivity contribution >= 4 is 34.3 Å². The highest BCUT2D eigenvalue weighted by Crippen LogP contribution is 2.24. The van der Waals surface area contributed by atoms with E-state index in [2.05, 4.69) is 15.6 Å². The lowest BCUT2D eigenvalue weighted by Gasteiger charge is -2.08. The summed E-state index contributed by atoms with van der Waals surface area (Å²) in [6.45, 7) is 4.03. The first-order valence-electron chi connectivity index (χ1n) is 9.68. The van der Waals surface area contributed by atoms with Crippen LogP contribution in [0.4, 0.5) is 11.4 Å². The fourth-order valence-electron chi connectivity index (χ4n) is 2.97. The second kappa shape index (κ2) is 8.21. The molecule has 0 saturated carbocycles. The zero-order valence-electron chi connectivity index (χ0n) is 16.7. The lowest BCUT2D eigenvalue weighted by molar-refractivity contribution is 0.102. The number of hydrogen-bond acceptors (Lipinski definition) is 4. The van der Waals surface area contributed by atoms with Gasteiger partial charge < -0.3 is 15.1 Å². The quantitative estimate of drug-likeness (QED) is 0.467. The van der Waals surface area contributed by atoms with Gasteiger partial charge in [-0.1, -0.05) is 32.0 Å². The van der Waals surface area contributed by atoms with Crippen molar-refractivity contribution in [3.05, 3.63) is 89.8 Å². The summed E-state index contributed by atoms with van der Waals surface area (Å²) in [5, 5.41) is 5.68. The molecule has 0 aliphatic carbocycles. The maximum atomic E-state index is 12.6. The number of fused-ring (bicyclic) bond motifs is 1. The number of oxazole rings is 1. The van der Waals surface area contributed by atoms with E-state index >= 15 is 0 Å². The van der Waals surface area contributed by atoms with E-state index < -0.39 is 0 Å². The van der Waals surface area contributed by atoms with Gasteiger partial charge in [-0.05, 0) is 54.6 Å². The second-order valence-electron chi connectivity index (χ2n) is 7.24. The van der Waals surface area contributed by atoms with Gasteiger partial charge in [0.05, 0.1) is 0 Å². The summed E-state index contributed by atoms with van der Waals surface area (Å²) in [6.07, 6.45) is 0. The number of carbonyl (C=O) groups is 2. The molecule has 0 bridgehead atoms. The number of anilines is 2. The Labute approximate surface area is 173 Å². The molecule has 0 atom stereocenters. The van der Waals surface area contributed by atoms with Crippen molar-refractivity contribution in [2.24, 2.45) is 0 Å². The predicted octanol–water partition coefficient (Wildman–Crippen LogP) is 5.46. The lowest BCUT2D eigenvalue weighted by Crippen LogP contribution is -2.13. The van der Waals surface area contributed by atoms with E-state index in [1.807, 2.05) is 32.0 Å². The van der Waals surface area contributed by atoms with Crippen molar-refractivity contribution in [2.45, 2.75) is 19.8 Å². The third-order valence-corrected chi connectivity index (χ3v) is 4.60. The fourth-order valence-corrected chi connectivity index (χ4v) is 2.97. The van der Waals surface area contributed by atoms with Gasteiger partial charge in [0.15, 0.2) is 11.5 Å². The van der Waals surface area contributed by atoms with Gasteiger partial charge in [0, 0.05) is 28.4 Å². The van der Waals surface area contributed by atoms with Crippen LogP contribution in [0.1, 0.15) is 46.4 Å². The number of amides is 2. The number of carbonyl (C=O) groups excluding carboxylic acids is 2. The molecule has 2 amide bonds. The molecule has 30 heavy (non-hydrogen) atoms. The number of benzene rings is 3. The third-order valence-electron chi connectivity index (χ3n) is 4.60. The third kappa shape index (κ3) is 4.22. The summed E-state index contributed by atoms with van der Waals surface area (Å²) >= 11 is 0. The Kier molecular flexibility index (Phi) is 5.30. The molecule has 3 aromatic carbocycles. The Morgan fingerprint density at radius 1 is 0.800 bits per heavy atom. The highest BCUT2D eigenvalue weighted by Gasteiger charge is 2.12. The molecule has 0 fully saturated rings. The Bertz CT molecular complexity index is 1200. The molecule has 0 radical (unpaired) electrons. The average Bonchev–Trinajstić information content (AvgIpc) is 3.19. The van der Waals surface area contributed by atoms with Crippen LogP contribution in [-0.2, 0) is 0 Å². The van der Waals surface area contributed by atoms with Gasteiger partial charge in [-0.25, -0.2) is 4.98 Å². The topological polar surface area (TPSA) is 84.2 Å². The van der Waals surface area contributed by atoms with Crippen LogP contribution in [0.5, 0.6) is 0 Å². The molecule has 0 aliphatic rings. The molecule has 0 unspecified atom stereocenters. The van der Waals surface area contributed by atoms with Crippen LogP contribution in [0.25, 0.3) is 11.1 Å². The van der Waals surface area contributed by atoms with Crippen LogP contribution < -0.4 is 10.6 Å². The standard InChI is InChI=1S/C24H21N3O3/c1-15(2)24-27-20-14-19(12-13-21(20)30-24)26-23(29)17-8-10-18(11-9-17)25-22(28)16-6-4-3-5-7-16/h3-15H,1-2H3,(H,25,28)(H,26,29). The van der Waals surface area contributed by atoms with E-state index in [4.69, 9.17) is 4.42 Å². The van der Waals surface area contributed by atoms with Crippen molar-refractivity contribution in [3.8, 4) is 0 Å². The van der Waals surface area contributed by atoms with Crippen molar-refractivity contribution in [2.75, 3.05) is 10.6 Å². The van der Waals surface area contributed by atoms with E-state index in [1.54, 1.807) is 54.6 Å². The van der Waals surface area contributed by atoms with Crippen LogP contribution in [0.15, 0.2) is 77.2 Å². The van der Waals surface area contributed by atoms with Gasteiger partial charge in [-0.2, -0.15) is 0 Å². The zero-order chi connectivity index (χ0) is 21.1. The van der Waals surface area contributed by atoms with Gasteiger partial charge in [0.2, 0.25) is 0 Å². The molecule has 0 saturated heterocycles. The monoisotopic (exact) mass is 399 g/mol. The molecule has 150 valence electrons. The summed E-state index contributed by atoms with van der Waals surface area (Å²) in [7, 11) is 0. The summed E-state index contributed by atoms with van der Waals surface area (Å²) in [4.78, 5) is 29.3. The highest BCUT2D eigenvalue weighted by molar-refractivity contribution is 6.06. The van der Waals surface area contributed by atoms with E-state index in [0.29, 0.717) is 39.5 Å². The second-order valence-corrected chi connectivity index (χ2v) is 7.24. The molecule has 2 N–H and O–H groups in total. The van der Waals surface area contributed by atoms with Gasteiger partial charge in [-0.15, -0.1) is 0 Å². The van der Waals surface area contributed by atoms with Gasteiger partial charge in [-0.3, -0.25) is 9.59 Å². The smallest absolute Gasteiger partial charge is 0.255 e. The zero-order valence-corrected chi connectivity index (χ0v) is 16.7. The first-order chi connectivity index (χ1) is 14.5. The Hall–Kier alpha value is -3.93. The summed E-state index contributed by atoms with van der Waals surface area (Å²) in [5.41, 5.74) is 3.70. The fraction of sp³-hybridized carbons (Fsp3) is 0.125. The molecular formula is C24H21N3O3. The van der Waals surface area contributed by atoms with Crippen molar-refractivity contribution in [1.29, 1.82) is 0 Å². The molecule has 6 heteroatoms. The van der Waals surface area contributed by atoms with Crippen LogP contribution in [0.2, 0.25) is 0 Å². The highest BCUT2D eigenvalue weighted by atomic mass is 16.3. The molecule has 1 heterocycles. The minimum Gasteiger partial charge on any atom is -0.440 e. The van der Waals surface area contributed by atoms with Crippen molar-refractivity contribution < 1.29 is 14.0 Å². The van der Waals surface area contributed by atoms with E-state index in [-0.39, 0.29) is 17.7 Å². The van der Waals surface area contributed by atoms with Gasteiger partial charge >= 0.3 is 0 Å². The Morgan fingerprint density at radius 2 is 1.40 bits per heavy atom. The van der Waals surface area contributed by atoms with Crippen LogP contribution in [-0.4, -0.2) is 16.8 Å². The number of aromatic nitrogens is 1. The predicted molar refractivity (Wildman–Crippen MR) is 117 cm³/mol.